The van der Waals surface area contributed by atoms with Gasteiger partial charge in [-0.2, -0.15) is 0 Å². The van der Waals surface area contributed by atoms with Gasteiger partial charge in [0.1, 0.15) is 10.8 Å². The first-order valence-electron chi connectivity index (χ1n) is 10.5. The number of anilines is 1. The fourth-order valence-corrected chi connectivity index (χ4v) is 5.55. The van der Waals surface area contributed by atoms with Crippen LogP contribution in [0.2, 0.25) is 0 Å². The summed E-state index contributed by atoms with van der Waals surface area (Å²) in [6, 6.07) is 0. The lowest BCUT2D eigenvalue weighted by atomic mass is 9.87. The SMILES string of the molecule is CCOC(=O)c1c(NC(=O)CSc2nnc(CC3CCCCC3)n2C)sc(C)c1C. The van der Waals surface area contributed by atoms with Gasteiger partial charge in [-0.3, -0.25) is 4.79 Å². The number of nitrogens with zero attached hydrogens (tertiary/aromatic N) is 3. The third-order valence-electron chi connectivity index (χ3n) is 5.57. The van der Waals surface area contributed by atoms with Crippen molar-refractivity contribution in [3.63, 3.8) is 0 Å². The maximum atomic E-state index is 12.5. The number of carbonyl (C=O) groups is 2. The largest absolute Gasteiger partial charge is 0.462 e. The van der Waals surface area contributed by atoms with Crippen LogP contribution in [0, 0.1) is 19.8 Å². The molecular formula is C21H30N4O3S2. The number of rotatable bonds is 8. The second-order valence-electron chi connectivity index (χ2n) is 7.71. The zero-order chi connectivity index (χ0) is 21.7. The smallest absolute Gasteiger partial charge is 0.341 e. The molecule has 1 aliphatic carbocycles. The number of esters is 1. The fourth-order valence-electron chi connectivity index (χ4n) is 3.75. The summed E-state index contributed by atoms with van der Waals surface area (Å²) in [6.07, 6.45) is 7.43. The van der Waals surface area contributed by atoms with Crippen molar-refractivity contribution in [3.8, 4) is 0 Å². The van der Waals surface area contributed by atoms with Crippen molar-refractivity contribution in [1.29, 1.82) is 0 Å². The number of amides is 1. The van der Waals surface area contributed by atoms with Crippen LogP contribution < -0.4 is 5.32 Å². The Hall–Kier alpha value is -1.87. The second-order valence-corrected chi connectivity index (χ2v) is 9.88. The fraction of sp³-hybridized carbons (Fsp3) is 0.619. The van der Waals surface area contributed by atoms with E-state index in [1.54, 1.807) is 6.92 Å². The molecule has 2 heterocycles. The van der Waals surface area contributed by atoms with Crippen LogP contribution in [0.5, 0.6) is 0 Å². The summed E-state index contributed by atoms with van der Waals surface area (Å²) in [4.78, 5) is 25.8. The molecule has 0 atom stereocenters. The van der Waals surface area contributed by atoms with Gasteiger partial charge in [-0.1, -0.05) is 43.9 Å². The van der Waals surface area contributed by atoms with Gasteiger partial charge in [0.25, 0.3) is 0 Å². The van der Waals surface area contributed by atoms with E-state index in [0.717, 1.165) is 27.8 Å². The third-order valence-corrected chi connectivity index (χ3v) is 7.71. The Kier molecular flexibility index (Phi) is 7.93. The molecule has 0 saturated heterocycles. The molecule has 0 aromatic carbocycles. The summed E-state index contributed by atoms with van der Waals surface area (Å²) in [7, 11) is 1.96. The molecule has 1 fully saturated rings. The number of thiophene rings is 1. The molecule has 1 saturated carbocycles. The molecule has 0 unspecified atom stereocenters. The number of nitrogens with one attached hydrogen (secondary N) is 1. The highest BCUT2D eigenvalue weighted by molar-refractivity contribution is 7.99. The van der Waals surface area contributed by atoms with Crippen LogP contribution in [0.4, 0.5) is 5.00 Å². The number of ether oxygens (including phenoxy) is 1. The van der Waals surface area contributed by atoms with Crippen LogP contribution in [-0.2, 0) is 23.0 Å². The van der Waals surface area contributed by atoms with E-state index in [1.165, 1.54) is 55.2 Å². The maximum absolute atomic E-state index is 12.5. The van der Waals surface area contributed by atoms with Crippen LogP contribution in [0.3, 0.4) is 0 Å². The van der Waals surface area contributed by atoms with Gasteiger partial charge in [0.2, 0.25) is 5.91 Å². The highest BCUT2D eigenvalue weighted by Gasteiger charge is 2.23. The molecule has 1 amide bonds. The number of hydrogen-bond donors (Lipinski definition) is 1. The first-order chi connectivity index (χ1) is 14.4. The third kappa shape index (κ3) is 5.43. The monoisotopic (exact) mass is 450 g/mol. The number of thioether (sulfide) groups is 1. The Morgan fingerprint density at radius 1 is 1.23 bits per heavy atom. The van der Waals surface area contributed by atoms with Gasteiger partial charge in [-0.15, -0.1) is 21.5 Å². The molecule has 2 aromatic heterocycles. The summed E-state index contributed by atoms with van der Waals surface area (Å²) in [6.45, 7) is 5.87. The van der Waals surface area contributed by atoms with Crippen LogP contribution in [0.25, 0.3) is 0 Å². The van der Waals surface area contributed by atoms with Crippen molar-refractivity contribution >= 4 is 40.0 Å². The van der Waals surface area contributed by atoms with Crippen molar-refractivity contribution in [2.24, 2.45) is 13.0 Å². The summed E-state index contributed by atoms with van der Waals surface area (Å²) >= 11 is 2.76. The molecule has 0 spiro atoms. The van der Waals surface area contributed by atoms with Gasteiger partial charge in [0.05, 0.1) is 17.9 Å². The molecule has 0 aliphatic heterocycles. The van der Waals surface area contributed by atoms with Gasteiger partial charge in [0.15, 0.2) is 5.16 Å². The van der Waals surface area contributed by atoms with Gasteiger partial charge in [0, 0.05) is 18.3 Å². The van der Waals surface area contributed by atoms with Gasteiger partial charge >= 0.3 is 5.97 Å². The molecule has 9 heteroatoms. The second kappa shape index (κ2) is 10.4. The Morgan fingerprint density at radius 3 is 2.67 bits per heavy atom. The van der Waals surface area contributed by atoms with Crippen molar-refractivity contribution in [2.45, 2.75) is 64.5 Å². The van der Waals surface area contributed by atoms with E-state index in [-0.39, 0.29) is 11.7 Å². The summed E-state index contributed by atoms with van der Waals surface area (Å²) in [5, 5.41) is 12.8. The zero-order valence-corrected chi connectivity index (χ0v) is 19.8. The number of carbonyl (C=O) groups excluding carboxylic acids is 2. The van der Waals surface area contributed by atoms with E-state index in [0.29, 0.717) is 23.1 Å². The molecular weight excluding hydrogens is 420 g/mol. The van der Waals surface area contributed by atoms with E-state index in [2.05, 4.69) is 15.5 Å². The molecule has 7 nitrogen and oxygen atoms in total. The minimum absolute atomic E-state index is 0.177. The van der Waals surface area contributed by atoms with E-state index in [1.807, 2.05) is 25.5 Å². The lowest BCUT2D eigenvalue weighted by Gasteiger charge is -2.20. The highest BCUT2D eigenvalue weighted by Crippen LogP contribution is 2.33. The topological polar surface area (TPSA) is 86.1 Å². The maximum Gasteiger partial charge on any atom is 0.341 e. The Balaban J connectivity index is 1.59. The first-order valence-corrected chi connectivity index (χ1v) is 12.3. The van der Waals surface area contributed by atoms with Crippen molar-refractivity contribution in [1.82, 2.24) is 14.8 Å². The highest BCUT2D eigenvalue weighted by atomic mass is 32.2. The number of aryl methyl sites for hydroxylation is 1. The quantitative estimate of drug-likeness (QED) is 0.470. The predicted molar refractivity (Wildman–Crippen MR) is 120 cm³/mol. The molecule has 164 valence electrons. The lowest BCUT2D eigenvalue weighted by Crippen LogP contribution is -2.17. The molecule has 3 rings (SSSR count). The minimum atomic E-state index is -0.400. The van der Waals surface area contributed by atoms with E-state index in [9.17, 15) is 9.59 Å². The van der Waals surface area contributed by atoms with Crippen LogP contribution in [-0.4, -0.2) is 39.0 Å². The van der Waals surface area contributed by atoms with Gasteiger partial charge < -0.3 is 14.6 Å². The van der Waals surface area contributed by atoms with Gasteiger partial charge in [-0.05, 0) is 32.3 Å². The average Bonchev–Trinajstić information content (AvgIpc) is 3.20. The van der Waals surface area contributed by atoms with Crippen molar-refractivity contribution in [2.75, 3.05) is 17.7 Å². The molecule has 2 aromatic rings. The number of hydrogen-bond acceptors (Lipinski definition) is 7. The summed E-state index contributed by atoms with van der Waals surface area (Å²) in [5.74, 6) is 1.30. The number of aromatic nitrogens is 3. The van der Waals surface area contributed by atoms with Crippen LogP contribution >= 0.6 is 23.1 Å². The van der Waals surface area contributed by atoms with Crippen molar-refractivity contribution < 1.29 is 14.3 Å². The molecule has 0 radical (unpaired) electrons. The van der Waals surface area contributed by atoms with E-state index >= 15 is 0 Å². The normalized spacial score (nSPS) is 14.7. The standard InChI is InChI=1S/C21H30N4O3S2/c1-5-28-20(27)18-13(2)14(3)30-19(18)22-17(26)12-29-21-24-23-16(25(21)4)11-15-9-7-6-8-10-15/h15H,5-12H2,1-4H3,(H,22,26). The lowest BCUT2D eigenvalue weighted by molar-refractivity contribution is -0.113. The first kappa shape index (κ1) is 22.8. The van der Waals surface area contributed by atoms with Crippen molar-refractivity contribution in [3.05, 3.63) is 21.8 Å². The van der Waals surface area contributed by atoms with E-state index in [4.69, 9.17) is 4.74 Å². The average molecular weight is 451 g/mol. The molecule has 1 aliphatic rings. The Morgan fingerprint density at radius 2 is 1.97 bits per heavy atom. The molecule has 30 heavy (non-hydrogen) atoms. The zero-order valence-electron chi connectivity index (χ0n) is 18.1. The Bertz CT molecular complexity index is 900. The summed E-state index contributed by atoms with van der Waals surface area (Å²) in [5.41, 5.74) is 1.30. The predicted octanol–water partition coefficient (Wildman–Crippen LogP) is 4.52. The molecule has 1 N–H and O–H groups in total. The van der Waals surface area contributed by atoms with E-state index < -0.39 is 5.97 Å². The van der Waals surface area contributed by atoms with Crippen LogP contribution in [0.1, 0.15) is 65.7 Å². The molecule has 0 bridgehead atoms. The Labute approximate surface area is 186 Å². The summed E-state index contributed by atoms with van der Waals surface area (Å²) < 4.78 is 7.14. The minimum Gasteiger partial charge on any atom is -0.462 e. The van der Waals surface area contributed by atoms with Gasteiger partial charge in [-0.25, -0.2) is 4.79 Å². The van der Waals surface area contributed by atoms with Crippen LogP contribution in [0.15, 0.2) is 5.16 Å².